The van der Waals surface area contributed by atoms with Crippen molar-refractivity contribution in [3.63, 3.8) is 0 Å². The molecule has 3 aromatic rings. The standard InChI is InChI=1S/C18H19NO2.C2H4/c1-3-14-11-19-18-8-7-16(10-17(14)18)21-12-13-5-4-6-15(9-13)20-2;1-2/h4-11,19H,3,12H2,1-2H3;1-2H2. The predicted molar refractivity (Wildman–Crippen MR) is 96.3 cm³/mol. The molecule has 0 aliphatic carbocycles. The van der Waals surface area contributed by atoms with E-state index >= 15 is 0 Å². The lowest BCUT2D eigenvalue weighted by Gasteiger charge is -2.08. The molecule has 0 atom stereocenters. The van der Waals surface area contributed by atoms with Gasteiger partial charge in [0.2, 0.25) is 0 Å². The second-order valence-electron chi connectivity index (χ2n) is 5.02. The van der Waals surface area contributed by atoms with E-state index < -0.39 is 0 Å². The first-order chi connectivity index (χ1) is 11.3. The Bertz CT molecular complexity index is 761. The van der Waals surface area contributed by atoms with Crippen molar-refractivity contribution >= 4 is 10.9 Å². The molecule has 0 unspecified atom stereocenters. The summed E-state index contributed by atoms with van der Waals surface area (Å²) < 4.78 is 11.1. The number of fused-ring (bicyclic) bond motifs is 1. The molecule has 0 spiro atoms. The highest BCUT2D eigenvalue weighted by molar-refractivity contribution is 5.84. The number of hydrogen-bond acceptors (Lipinski definition) is 2. The Morgan fingerprint density at radius 2 is 1.87 bits per heavy atom. The topological polar surface area (TPSA) is 34.2 Å². The third-order valence-electron chi connectivity index (χ3n) is 3.66. The first kappa shape index (κ1) is 16.7. The van der Waals surface area contributed by atoms with Gasteiger partial charge in [-0.25, -0.2) is 0 Å². The molecule has 0 fully saturated rings. The molecule has 3 nitrogen and oxygen atoms in total. The molecule has 120 valence electrons. The number of benzene rings is 2. The minimum Gasteiger partial charge on any atom is -0.497 e. The van der Waals surface area contributed by atoms with Crippen LogP contribution in [-0.4, -0.2) is 12.1 Å². The van der Waals surface area contributed by atoms with Gasteiger partial charge < -0.3 is 14.5 Å². The Kier molecular flexibility index (Phi) is 5.87. The summed E-state index contributed by atoms with van der Waals surface area (Å²) in [5.41, 5.74) is 3.57. The predicted octanol–water partition coefficient (Wildman–Crippen LogP) is 5.12. The molecule has 1 aromatic heterocycles. The molecular formula is C20H23NO2. The second kappa shape index (κ2) is 8.08. The fraction of sp³-hybridized carbons (Fsp3) is 0.200. The number of H-pyrrole nitrogens is 1. The molecule has 3 rings (SSSR count). The molecule has 0 aliphatic rings. The summed E-state index contributed by atoms with van der Waals surface area (Å²) in [6, 6.07) is 14.1. The highest BCUT2D eigenvalue weighted by Gasteiger charge is 2.04. The Labute approximate surface area is 137 Å². The molecule has 0 radical (unpaired) electrons. The molecule has 3 heteroatoms. The zero-order chi connectivity index (χ0) is 16.7. The summed E-state index contributed by atoms with van der Waals surface area (Å²) in [7, 11) is 1.67. The van der Waals surface area contributed by atoms with Crippen LogP contribution < -0.4 is 9.47 Å². The summed E-state index contributed by atoms with van der Waals surface area (Å²) in [6.07, 6.45) is 3.08. The minimum absolute atomic E-state index is 0.536. The first-order valence-corrected chi connectivity index (χ1v) is 7.66. The molecule has 0 aliphatic heterocycles. The fourth-order valence-electron chi connectivity index (χ4n) is 2.47. The van der Waals surface area contributed by atoms with Gasteiger partial charge in [0.25, 0.3) is 0 Å². The van der Waals surface area contributed by atoms with Crippen LogP contribution in [-0.2, 0) is 13.0 Å². The molecular weight excluding hydrogens is 286 g/mol. The van der Waals surface area contributed by atoms with Crippen LogP contribution in [0.4, 0.5) is 0 Å². The average molecular weight is 309 g/mol. The SMILES string of the molecule is C=C.CCc1c[nH]c2ccc(OCc3cccc(OC)c3)cc12. The molecule has 0 saturated heterocycles. The summed E-state index contributed by atoms with van der Waals surface area (Å²) in [4.78, 5) is 3.28. The fourth-order valence-corrected chi connectivity index (χ4v) is 2.47. The lowest BCUT2D eigenvalue weighted by Crippen LogP contribution is -1.96. The van der Waals surface area contributed by atoms with E-state index in [2.05, 4.69) is 43.4 Å². The van der Waals surface area contributed by atoms with E-state index in [1.165, 1.54) is 10.9 Å². The van der Waals surface area contributed by atoms with Crippen LogP contribution in [0.5, 0.6) is 11.5 Å². The van der Waals surface area contributed by atoms with Crippen LogP contribution in [0.1, 0.15) is 18.1 Å². The Hall–Kier alpha value is -2.68. The summed E-state index contributed by atoms with van der Waals surface area (Å²) >= 11 is 0. The molecule has 0 bridgehead atoms. The maximum absolute atomic E-state index is 5.90. The molecule has 1 N–H and O–H groups in total. The van der Waals surface area contributed by atoms with Gasteiger partial charge in [-0.2, -0.15) is 0 Å². The van der Waals surface area contributed by atoms with Gasteiger partial charge in [-0.3, -0.25) is 0 Å². The van der Waals surface area contributed by atoms with Crippen molar-refractivity contribution in [2.75, 3.05) is 7.11 Å². The van der Waals surface area contributed by atoms with Crippen LogP contribution in [0.15, 0.2) is 61.8 Å². The van der Waals surface area contributed by atoms with E-state index in [0.717, 1.165) is 29.0 Å². The Balaban J connectivity index is 0.000000924. The van der Waals surface area contributed by atoms with Crippen molar-refractivity contribution in [2.24, 2.45) is 0 Å². The molecule has 0 saturated carbocycles. The van der Waals surface area contributed by atoms with Crippen molar-refractivity contribution < 1.29 is 9.47 Å². The van der Waals surface area contributed by atoms with E-state index in [9.17, 15) is 0 Å². The Morgan fingerprint density at radius 1 is 1.04 bits per heavy atom. The zero-order valence-corrected chi connectivity index (χ0v) is 13.8. The van der Waals surface area contributed by atoms with E-state index in [0.29, 0.717) is 6.61 Å². The number of ether oxygens (including phenoxy) is 2. The quantitative estimate of drug-likeness (QED) is 0.664. The number of nitrogens with one attached hydrogen (secondary N) is 1. The largest absolute Gasteiger partial charge is 0.497 e. The summed E-state index contributed by atoms with van der Waals surface area (Å²) in [6.45, 7) is 8.70. The van der Waals surface area contributed by atoms with Gasteiger partial charge in [0, 0.05) is 17.1 Å². The number of hydrogen-bond donors (Lipinski definition) is 1. The highest BCUT2D eigenvalue weighted by Crippen LogP contribution is 2.25. The minimum atomic E-state index is 0.536. The first-order valence-electron chi connectivity index (χ1n) is 7.66. The Morgan fingerprint density at radius 3 is 2.61 bits per heavy atom. The molecule has 23 heavy (non-hydrogen) atoms. The van der Waals surface area contributed by atoms with Crippen molar-refractivity contribution in [1.82, 2.24) is 4.98 Å². The normalized spacial score (nSPS) is 10.0. The van der Waals surface area contributed by atoms with Gasteiger partial charge in [-0.1, -0.05) is 19.1 Å². The van der Waals surface area contributed by atoms with Gasteiger partial charge in [-0.05, 0) is 47.9 Å². The number of aryl methyl sites for hydroxylation is 1. The number of methoxy groups -OCH3 is 1. The van der Waals surface area contributed by atoms with Crippen LogP contribution in [0.2, 0.25) is 0 Å². The van der Waals surface area contributed by atoms with Gasteiger partial charge in [0.15, 0.2) is 0 Å². The third-order valence-corrected chi connectivity index (χ3v) is 3.66. The van der Waals surface area contributed by atoms with Crippen molar-refractivity contribution in [3.05, 3.63) is 72.9 Å². The lowest BCUT2D eigenvalue weighted by molar-refractivity contribution is 0.305. The van der Waals surface area contributed by atoms with E-state index in [-0.39, 0.29) is 0 Å². The third kappa shape index (κ3) is 3.95. The number of rotatable bonds is 5. The molecule has 0 amide bonds. The molecule has 1 heterocycles. The van der Waals surface area contributed by atoms with Crippen LogP contribution in [0, 0.1) is 0 Å². The zero-order valence-electron chi connectivity index (χ0n) is 13.8. The maximum Gasteiger partial charge on any atom is 0.120 e. The second-order valence-corrected chi connectivity index (χ2v) is 5.02. The van der Waals surface area contributed by atoms with E-state index in [1.54, 1.807) is 7.11 Å². The number of aromatic amines is 1. The molecule has 2 aromatic carbocycles. The van der Waals surface area contributed by atoms with Crippen molar-refractivity contribution in [2.45, 2.75) is 20.0 Å². The van der Waals surface area contributed by atoms with Crippen molar-refractivity contribution in [1.29, 1.82) is 0 Å². The van der Waals surface area contributed by atoms with Gasteiger partial charge in [-0.15, -0.1) is 13.2 Å². The van der Waals surface area contributed by atoms with Crippen LogP contribution in [0.3, 0.4) is 0 Å². The van der Waals surface area contributed by atoms with Gasteiger partial charge in [0.05, 0.1) is 7.11 Å². The van der Waals surface area contributed by atoms with E-state index in [1.807, 2.05) is 30.3 Å². The van der Waals surface area contributed by atoms with E-state index in [4.69, 9.17) is 9.47 Å². The highest BCUT2D eigenvalue weighted by atomic mass is 16.5. The average Bonchev–Trinajstić information content (AvgIpc) is 3.04. The van der Waals surface area contributed by atoms with Crippen LogP contribution in [0.25, 0.3) is 10.9 Å². The smallest absolute Gasteiger partial charge is 0.120 e. The van der Waals surface area contributed by atoms with Gasteiger partial charge >= 0.3 is 0 Å². The number of aromatic nitrogens is 1. The monoisotopic (exact) mass is 309 g/mol. The summed E-state index contributed by atoms with van der Waals surface area (Å²) in [5, 5.41) is 1.24. The van der Waals surface area contributed by atoms with Crippen LogP contribution >= 0.6 is 0 Å². The van der Waals surface area contributed by atoms with Crippen molar-refractivity contribution in [3.8, 4) is 11.5 Å². The lowest BCUT2D eigenvalue weighted by atomic mass is 10.1. The van der Waals surface area contributed by atoms with Gasteiger partial charge in [0.1, 0.15) is 18.1 Å². The summed E-state index contributed by atoms with van der Waals surface area (Å²) in [5.74, 6) is 1.74. The maximum atomic E-state index is 5.90.